The van der Waals surface area contributed by atoms with E-state index in [1.807, 2.05) is 38.1 Å². The van der Waals surface area contributed by atoms with Crippen molar-refractivity contribution in [3.8, 4) is 5.75 Å². The first kappa shape index (κ1) is 20.3. The molecule has 0 aliphatic rings. The number of benzene rings is 2. The fraction of sp³-hybridized carbons (Fsp3) is 0.400. The van der Waals surface area contributed by atoms with Crippen LogP contribution in [-0.4, -0.2) is 29.9 Å². The summed E-state index contributed by atoms with van der Waals surface area (Å²) in [7, 11) is 0. The molecule has 0 bridgehead atoms. The molecule has 0 spiro atoms. The zero-order chi connectivity index (χ0) is 19.1. The van der Waals surface area contributed by atoms with Gasteiger partial charge in [-0.25, -0.2) is 8.78 Å². The Morgan fingerprint density at radius 2 is 1.77 bits per heavy atom. The van der Waals surface area contributed by atoms with Crippen molar-refractivity contribution in [2.75, 3.05) is 6.54 Å². The van der Waals surface area contributed by atoms with E-state index in [1.54, 1.807) is 0 Å². The molecule has 2 aromatic carbocycles. The van der Waals surface area contributed by atoms with Crippen molar-refractivity contribution in [2.45, 2.75) is 45.1 Å². The number of aliphatic hydroxyl groups is 1. The van der Waals surface area contributed by atoms with Crippen molar-refractivity contribution >= 4 is 0 Å². The quantitative estimate of drug-likeness (QED) is 0.640. The molecule has 0 unspecified atom stereocenters. The van der Waals surface area contributed by atoms with Crippen LogP contribution in [0.5, 0.6) is 5.75 Å². The molecule has 0 amide bonds. The molecule has 0 radical (unpaired) electrons. The van der Waals surface area contributed by atoms with Crippen LogP contribution in [0.3, 0.4) is 0 Å². The molecule has 0 aliphatic carbocycles. The minimum atomic E-state index is -0.837. The van der Waals surface area contributed by atoms with Crippen LogP contribution in [0.2, 0.25) is 0 Å². The molecule has 0 fully saturated rings. The van der Waals surface area contributed by atoms with Crippen LogP contribution in [0.4, 0.5) is 8.78 Å². The highest BCUT2D eigenvalue weighted by molar-refractivity contribution is 5.28. The molecule has 6 heteroatoms. The van der Waals surface area contributed by atoms with Gasteiger partial charge >= 0.3 is 0 Å². The van der Waals surface area contributed by atoms with E-state index in [9.17, 15) is 13.9 Å². The number of nitrogens with two attached hydrogens (primary N) is 1. The lowest BCUT2D eigenvalue weighted by atomic mass is 10.0. The van der Waals surface area contributed by atoms with Gasteiger partial charge in [0.2, 0.25) is 0 Å². The number of nitrogens with one attached hydrogen (secondary N) is 1. The fourth-order valence-corrected chi connectivity index (χ4v) is 2.65. The third kappa shape index (κ3) is 6.71. The summed E-state index contributed by atoms with van der Waals surface area (Å²) in [5.41, 5.74) is 7.40. The van der Waals surface area contributed by atoms with Gasteiger partial charge in [0.25, 0.3) is 0 Å². The first-order valence-corrected chi connectivity index (χ1v) is 8.68. The van der Waals surface area contributed by atoms with Gasteiger partial charge in [-0.3, -0.25) is 0 Å². The Bertz CT molecular complexity index is 690. The van der Waals surface area contributed by atoms with Gasteiger partial charge in [-0.05, 0) is 55.7 Å². The first-order chi connectivity index (χ1) is 12.3. The van der Waals surface area contributed by atoms with Crippen molar-refractivity contribution in [1.82, 2.24) is 5.32 Å². The van der Waals surface area contributed by atoms with Crippen LogP contribution < -0.4 is 15.8 Å². The average Bonchev–Trinajstić information content (AvgIpc) is 2.53. The molecule has 4 nitrogen and oxygen atoms in total. The fourth-order valence-electron chi connectivity index (χ4n) is 2.65. The predicted molar refractivity (Wildman–Crippen MR) is 98.0 cm³/mol. The van der Waals surface area contributed by atoms with E-state index < -0.39 is 23.8 Å². The van der Waals surface area contributed by atoms with E-state index in [0.717, 1.165) is 17.4 Å². The summed E-state index contributed by atoms with van der Waals surface area (Å²) in [6.07, 6.45) is -0.544. The van der Waals surface area contributed by atoms with E-state index >= 15 is 0 Å². The summed E-state index contributed by atoms with van der Waals surface area (Å²) >= 11 is 0. The monoisotopic (exact) mass is 364 g/mol. The molecular weight excluding hydrogens is 338 g/mol. The first-order valence-electron chi connectivity index (χ1n) is 8.68. The number of hydrogen-bond acceptors (Lipinski definition) is 4. The predicted octanol–water partition coefficient (Wildman–Crippen LogP) is 2.77. The summed E-state index contributed by atoms with van der Waals surface area (Å²) in [6.45, 7) is 4.75. The Kier molecular flexibility index (Phi) is 7.50. The molecule has 0 heterocycles. The Morgan fingerprint density at radius 1 is 1.08 bits per heavy atom. The van der Waals surface area contributed by atoms with Crippen molar-refractivity contribution < 1.29 is 18.6 Å². The molecule has 2 aromatic rings. The molecule has 0 aromatic heterocycles. The van der Waals surface area contributed by atoms with E-state index in [2.05, 4.69) is 5.32 Å². The number of halogens is 2. The van der Waals surface area contributed by atoms with Gasteiger partial charge in [-0.2, -0.15) is 0 Å². The minimum absolute atomic E-state index is 0.102. The largest absolute Gasteiger partial charge is 0.491 e. The van der Waals surface area contributed by atoms with Crippen LogP contribution in [0.1, 0.15) is 25.0 Å². The van der Waals surface area contributed by atoms with Crippen molar-refractivity contribution in [3.05, 3.63) is 65.2 Å². The smallest absolute Gasteiger partial charge is 0.126 e. The molecular formula is C20H26F2N2O2. The van der Waals surface area contributed by atoms with E-state index in [-0.39, 0.29) is 19.1 Å². The summed E-state index contributed by atoms with van der Waals surface area (Å²) in [5.74, 6) is -0.503. The van der Waals surface area contributed by atoms with Crippen LogP contribution in [0.25, 0.3) is 0 Å². The Morgan fingerprint density at radius 3 is 2.42 bits per heavy atom. The van der Waals surface area contributed by atoms with Gasteiger partial charge in [0.05, 0.1) is 12.2 Å². The lowest BCUT2D eigenvalue weighted by Crippen LogP contribution is -2.43. The Balaban J connectivity index is 1.81. The van der Waals surface area contributed by atoms with E-state index in [1.165, 1.54) is 12.1 Å². The summed E-state index contributed by atoms with van der Waals surface area (Å²) in [6, 6.07) is 10.3. The molecule has 0 aliphatic heterocycles. The second-order valence-corrected chi connectivity index (χ2v) is 6.66. The summed E-state index contributed by atoms with van der Waals surface area (Å²) in [4.78, 5) is 0. The van der Waals surface area contributed by atoms with Gasteiger partial charge in [0.1, 0.15) is 17.4 Å². The van der Waals surface area contributed by atoms with Crippen LogP contribution >= 0.6 is 0 Å². The maximum Gasteiger partial charge on any atom is 0.126 e. The Hall–Kier alpha value is -2.02. The van der Waals surface area contributed by atoms with Crippen molar-refractivity contribution in [1.29, 1.82) is 0 Å². The number of hydrogen-bond donors (Lipinski definition) is 3. The van der Waals surface area contributed by atoms with Crippen LogP contribution in [0.15, 0.2) is 42.5 Å². The highest BCUT2D eigenvalue weighted by Gasteiger charge is 2.16. The lowest BCUT2D eigenvalue weighted by Gasteiger charge is -2.20. The normalized spacial score (nSPS) is 13.7. The molecule has 142 valence electrons. The number of ether oxygens (including phenoxy) is 1. The summed E-state index contributed by atoms with van der Waals surface area (Å²) in [5, 5.41) is 13.3. The molecule has 2 rings (SSSR count). The highest BCUT2D eigenvalue weighted by Crippen LogP contribution is 2.15. The average molecular weight is 364 g/mol. The van der Waals surface area contributed by atoms with Gasteiger partial charge < -0.3 is 20.9 Å². The van der Waals surface area contributed by atoms with Gasteiger partial charge in [0, 0.05) is 25.2 Å². The molecule has 0 saturated heterocycles. The Labute approximate surface area is 153 Å². The third-order valence-corrected chi connectivity index (χ3v) is 3.84. The van der Waals surface area contributed by atoms with Crippen molar-refractivity contribution in [3.63, 3.8) is 0 Å². The van der Waals surface area contributed by atoms with Gasteiger partial charge in [-0.15, -0.1) is 0 Å². The maximum absolute atomic E-state index is 13.2. The van der Waals surface area contributed by atoms with Gasteiger partial charge in [0.15, 0.2) is 0 Å². The molecule has 26 heavy (non-hydrogen) atoms. The van der Waals surface area contributed by atoms with Gasteiger partial charge in [-0.1, -0.05) is 12.1 Å². The number of aliphatic hydroxyl groups excluding tert-OH is 1. The zero-order valence-corrected chi connectivity index (χ0v) is 15.1. The zero-order valence-electron chi connectivity index (χ0n) is 15.1. The van der Waals surface area contributed by atoms with Crippen LogP contribution in [0, 0.1) is 11.6 Å². The van der Waals surface area contributed by atoms with Crippen molar-refractivity contribution in [2.24, 2.45) is 5.73 Å². The standard InChI is InChI=1S/C20H26F2N2O2/c1-13(2)26-18-5-3-4-14(8-18)11-24-12-20(25)19(23)9-15-6-16(21)10-17(22)7-15/h3-8,10,13,19-20,24-25H,9,11-12,23H2,1-2H3/t19-,20+/m0/s1. The number of rotatable bonds is 9. The highest BCUT2D eigenvalue weighted by atomic mass is 19.1. The summed E-state index contributed by atoms with van der Waals surface area (Å²) < 4.78 is 32.1. The second-order valence-electron chi connectivity index (χ2n) is 6.66. The van der Waals surface area contributed by atoms with Crippen LogP contribution in [-0.2, 0) is 13.0 Å². The molecule has 0 saturated carbocycles. The maximum atomic E-state index is 13.2. The second kappa shape index (κ2) is 9.62. The third-order valence-electron chi connectivity index (χ3n) is 3.84. The molecule has 4 N–H and O–H groups in total. The lowest BCUT2D eigenvalue weighted by molar-refractivity contribution is 0.141. The topological polar surface area (TPSA) is 67.5 Å². The van der Waals surface area contributed by atoms with E-state index in [0.29, 0.717) is 12.1 Å². The molecule has 2 atom stereocenters. The minimum Gasteiger partial charge on any atom is -0.491 e. The van der Waals surface area contributed by atoms with E-state index in [4.69, 9.17) is 10.5 Å². The SMILES string of the molecule is CC(C)Oc1cccc(CNC[C@@H](O)[C@@H](N)Cc2cc(F)cc(F)c2)c1.